The number of morpholine rings is 1. The van der Waals surface area contributed by atoms with Crippen molar-refractivity contribution < 1.29 is 9.84 Å². The number of nitrogens with one attached hydrogen (secondary N) is 1. The molecular formula is C11H24N2O2. The number of nitrogens with zero attached hydrogens (tertiary/aromatic N) is 1. The van der Waals surface area contributed by atoms with Gasteiger partial charge in [0, 0.05) is 19.6 Å². The Morgan fingerprint density at radius 3 is 2.80 bits per heavy atom. The molecule has 0 saturated carbocycles. The first-order valence-corrected chi connectivity index (χ1v) is 6.01. The van der Waals surface area contributed by atoms with Gasteiger partial charge in [0.1, 0.15) is 0 Å². The Bertz CT molecular complexity index is 150. The fourth-order valence-electron chi connectivity index (χ4n) is 1.67. The number of hydrogen-bond donors (Lipinski definition) is 2. The topological polar surface area (TPSA) is 44.7 Å². The van der Waals surface area contributed by atoms with Crippen molar-refractivity contribution in [3.05, 3.63) is 0 Å². The lowest BCUT2D eigenvalue weighted by atomic mass is 10.3. The number of aliphatic hydroxyl groups is 1. The summed E-state index contributed by atoms with van der Waals surface area (Å²) >= 11 is 0. The van der Waals surface area contributed by atoms with E-state index in [2.05, 4.69) is 10.2 Å². The van der Waals surface area contributed by atoms with Crippen LogP contribution in [0.5, 0.6) is 0 Å². The van der Waals surface area contributed by atoms with Crippen LogP contribution in [0.4, 0.5) is 0 Å². The minimum atomic E-state index is -0.187. The lowest BCUT2D eigenvalue weighted by Crippen LogP contribution is -2.38. The van der Waals surface area contributed by atoms with Crippen molar-refractivity contribution in [3.8, 4) is 0 Å². The highest BCUT2D eigenvalue weighted by atomic mass is 16.5. The Hall–Kier alpha value is -0.160. The summed E-state index contributed by atoms with van der Waals surface area (Å²) in [5.41, 5.74) is 0. The Morgan fingerprint density at radius 1 is 1.40 bits per heavy atom. The van der Waals surface area contributed by atoms with E-state index in [0.717, 1.165) is 58.8 Å². The first-order valence-electron chi connectivity index (χ1n) is 6.01. The van der Waals surface area contributed by atoms with E-state index < -0.39 is 0 Å². The molecule has 0 amide bonds. The number of ether oxygens (including phenoxy) is 1. The van der Waals surface area contributed by atoms with Gasteiger partial charge in [-0.15, -0.1) is 0 Å². The van der Waals surface area contributed by atoms with Crippen molar-refractivity contribution in [3.63, 3.8) is 0 Å². The molecule has 0 spiro atoms. The van der Waals surface area contributed by atoms with Crippen LogP contribution in [0.3, 0.4) is 0 Å². The first kappa shape index (κ1) is 12.9. The molecule has 1 heterocycles. The summed E-state index contributed by atoms with van der Waals surface area (Å²) in [6, 6.07) is 0. The zero-order valence-corrected chi connectivity index (χ0v) is 9.74. The maximum atomic E-state index is 9.32. The predicted molar refractivity (Wildman–Crippen MR) is 61.0 cm³/mol. The normalized spacial score (nSPS) is 20.4. The molecule has 0 aliphatic carbocycles. The van der Waals surface area contributed by atoms with Gasteiger partial charge in [-0.3, -0.25) is 4.90 Å². The van der Waals surface area contributed by atoms with E-state index >= 15 is 0 Å². The molecule has 15 heavy (non-hydrogen) atoms. The van der Waals surface area contributed by atoms with E-state index in [9.17, 15) is 5.11 Å². The van der Waals surface area contributed by atoms with Gasteiger partial charge in [0.2, 0.25) is 0 Å². The largest absolute Gasteiger partial charge is 0.392 e. The summed E-state index contributed by atoms with van der Waals surface area (Å²) in [5.74, 6) is 0. The van der Waals surface area contributed by atoms with Crippen LogP contribution < -0.4 is 5.32 Å². The molecule has 0 radical (unpaired) electrons. The molecule has 1 aliphatic heterocycles. The summed E-state index contributed by atoms with van der Waals surface area (Å²) in [4.78, 5) is 2.43. The van der Waals surface area contributed by atoms with Crippen molar-refractivity contribution in [2.45, 2.75) is 25.9 Å². The molecule has 4 heteroatoms. The molecule has 1 saturated heterocycles. The second-order valence-corrected chi connectivity index (χ2v) is 4.07. The van der Waals surface area contributed by atoms with Gasteiger partial charge < -0.3 is 15.2 Å². The molecule has 1 atom stereocenters. The molecule has 4 nitrogen and oxygen atoms in total. The predicted octanol–water partition coefficient (Wildman–Crippen LogP) is 0.0692. The number of rotatable bonds is 7. The summed E-state index contributed by atoms with van der Waals surface area (Å²) in [7, 11) is 0. The van der Waals surface area contributed by atoms with Crippen molar-refractivity contribution in [2.24, 2.45) is 0 Å². The highest BCUT2D eigenvalue weighted by molar-refractivity contribution is 4.63. The smallest absolute Gasteiger partial charge is 0.0662 e. The molecule has 1 fully saturated rings. The third-order valence-electron chi connectivity index (χ3n) is 2.78. The van der Waals surface area contributed by atoms with E-state index in [0.29, 0.717) is 0 Å². The minimum absolute atomic E-state index is 0.187. The lowest BCUT2D eigenvalue weighted by molar-refractivity contribution is 0.0373. The molecule has 2 N–H and O–H groups in total. The highest BCUT2D eigenvalue weighted by Crippen LogP contribution is 1.97. The average molecular weight is 216 g/mol. The zero-order chi connectivity index (χ0) is 10.9. The van der Waals surface area contributed by atoms with E-state index in [4.69, 9.17) is 4.74 Å². The molecule has 90 valence electrons. The fourth-order valence-corrected chi connectivity index (χ4v) is 1.67. The molecule has 1 aliphatic rings. The third-order valence-corrected chi connectivity index (χ3v) is 2.78. The highest BCUT2D eigenvalue weighted by Gasteiger charge is 2.08. The second-order valence-electron chi connectivity index (χ2n) is 4.07. The Balaban J connectivity index is 1.87. The standard InChI is InChI=1S/C11H24N2O2/c1-2-11(14)10-12-4-3-5-13-6-8-15-9-7-13/h11-12,14H,2-10H2,1H3. The van der Waals surface area contributed by atoms with Crippen LogP contribution in [0.15, 0.2) is 0 Å². The van der Waals surface area contributed by atoms with Gasteiger partial charge in [-0.1, -0.05) is 6.92 Å². The Kier molecular flexibility index (Phi) is 6.92. The first-order chi connectivity index (χ1) is 7.33. The van der Waals surface area contributed by atoms with Gasteiger partial charge in [0.05, 0.1) is 19.3 Å². The second kappa shape index (κ2) is 8.05. The Labute approximate surface area is 92.6 Å². The SMILES string of the molecule is CCC(O)CNCCCN1CCOCC1. The van der Waals surface area contributed by atoms with Crippen molar-refractivity contribution in [2.75, 3.05) is 45.9 Å². The summed E-state index contributed by atoms with van der Waals surface area (Å²) in [6.07, 6.45) is 1.79. The van der Waals surface area contributed by atoms with Crippen LogP contribution in [0.2, 0.25) is 0 Å². The van der Waals surface area contributed by atoms with E-state index in [-0.39, 0.29) is 6.10 Å². The average Bonchev–Trinajstić information content (AvgIpc) is 2.29. The van der Waals surface area contributed by atoms with Gasteiger partial charge >= 0.3 is 0 Å². The summed E-state index contributed by atoms with van der Waals surface area (Å²) in [5, 5.41) is 12.6. The van der Waals surface area contributed by atoms with E-state index in [1.807, 2.05) is 6.92 Å². The van der Waals surface area contributed by atoms with Crippen LogP contribution in [-0.4, -0.2) is 62.0 Å². The summed E-state index contributed by atoms with van der Waals surface area (Å²) in [6.45, 7) is 8.74. The number of aliphatic hydroxyl groups excluding tert-OH is 1. The van der Waals surface area contributed by atoms with Gasteiger partial charge in [0.15, 0.2) is 0 Å². The van der Waals surface area contributed by atoms with Gasteiger partial charge in [-0.25, -0.2) is 0 Å². The van der Waals surface area contributed by atoms with Crippen LogP contribution in [0.25, 0.3) is 0 Å². The molecule has 1 rings (SSSR count). The molecule has 0 aromatic rings. The zero-order valence-electron chi connectivity index (χ0n) is 9.74. The third kappa shape index (κ3) is 6.10. The molecule has 0 aromatic heterocycles. The molecule has 1 unspecified atom stereocenters. The van der Waals surface area contributed by atoms with E-state index in [1.165, 1.54) is 0 Å². The minimum Gasteiger partial charge on any atom is -0.392 e. The van der Waals surface area contributed by atoms with Gasteiger partial charge in [-0.2, -0.15) is 0 Å². The quantitative estimate of drug-likeness (QED) is 0.591. The molecule has 0 aromatic carbocycles. The number of hydrogen-bond acceptors (Lipinski definition) is 4. The van der Waals surface area contributed by atoms with Crippen LogP contribution in [-0.2, 0) is 4.74 Å². The molecular weight excluding hydrogens is 192 g/mol. The van der Waals surface area contributed by atoms with Crippen LogP contribution in [0.1, 0.15) is 19.8 Å². The van der Waals surface area contributed by atoms with E-state index in [1.54, 1.807) is 0 Å². The Morgan fingerprint density at radius 2 is 2.13 bits per heavy atom. The monoisotopic (exact) mass is 216 g/mol. The molecule has 0 bridgehead atoms. The summed E-state index contributed by atoms with van der Waals surface area (Å²) < 4.78 is 5.28. The lowest BCUT2D eigenvalue weighted by Gasteiger charge is -2.26. The van der Waals surface area contributed by atoms with Crippen molar-refractivity contribution >= 4 is 0 Å². The fraction of sp³-hybridized carbons (Fsp3) is 1.00. The maximum Gasteiger partial charge on any atom is 0.0662 e. The van der Waals surface area contributed by atoms with Crippen molar-refractivity contribution in [1.82, 2.24) is 10.2 Å². The maximum absolute atomic E-state index is 9.32. The van der Waals surface area contributed by atoms with Gasteiger partial charge in [0.25, 0.3) is 0 Å². The van der Waals surface area contributed by atoms with Crippen LogP contribution in [0, 0.1) is 0 Å². The van der Waals surface area contributed by atoms with Crippen LogP contribution >= 0.6 is 0 Å². The van der Waals surface area contributed by atoms with Crippen molar-refractivity contribution in [1.29, 1.82) is 0 Å². The van der Waals surface area contributed by atoms with Gasteiger partial charge in [-0.05, 0) is 25.9 Å².